The van der Waals surface area contributed by atoms with Crippen LogP contribution in [-0.2, 0) is 4.79 Å². The molecule has 0 saturated carbocycles. The van der Waals surface area contributed by atoms with E-state index < -0.39 is 5.97 Å². The van der Waals surface area contributed by atoms with Crippen molar-refractivity contribution in [1.29, 1.82) is 0 Å². The van der Waals surface area contributed by atoms with E-state index in [0.717, 1.165) is 4.47 Å². The summed E-state index contributed by atoms with van der Waals surface area (Å²) < 4.78 is 0.828. The third-order valence-electron chi connectivity index (χ3n) is 1.50. The molecule has 0 aliphatic rings. The molecule has 0 atom stereocenters. The highest BCUT2D eigenvalue weighted by molar-refractivity contribution is 9.10. The van der Waals surface area contributed by atoms with Gasteiger partial charge in [0.25, 0.3) is 5.91 Å². The van der Waals surface area contributed by atoms with Crippen LogP contribution in [0.15, 0.2) is 15.9 Å². The number of halogens is 1. The summed E-state index contributed by atoms with van der Waals surface area (Å²) in [4.78, 5) is 23.6. The Morgan fingerprint density at radius 2 is 2.29 bits per heavy atom. The Kier molecular flexibility index (Phi) is 3.65. The van der Waals surface area contributed by atoms with E-state index in [4.69, 9.17) is 5.11 Å². The molecule has 0 aliphatic carbocycles. The first kappa shape index (κ1) is 11.2. The average Bonchev–Trinajstić information content (AvgIpc) is 2.49. The lowest BCUT2D eigenvalue weighted by molar-refractivity contribution is -0.137. The Morgan fingerprint density at radius 3 is 2.71 bits per heavy atom. The molecule has 0 fully saturated rings. The fourth-order valence-electron chi connectivity index (χ4n) is 0.888. The van der Waals surface area contributed by atoms with E-state index in [1.54, 1.807) is 11.4 Å². The summed E-state index contributed by atoms with van der Waals surface area (Å²) >= 11 is 4.51. The van der Waals surface area contributed by atoms with Gasteiger partial charge in [-0.1, -0.05) is 0 Å². The molecule has 76 valence electrons. The molecule has 14 heavy (non-hydrogen) atoms. The van der Waals surface area contributed by atoms with E-state index in [9.17, 15) is 9.59 Å². The Hall–Kier alpha value is -0.880. The van der Waals surface area contributed by atoms with Gasteiger partial charge >= 0.3 is 5.97 Å². The van der Waals surface area contributed by atoms with Gasteiger partial charge in [0.1, 0.15) is 6.54 Å². The molecule has 6 heteroatoms. The van der Waals surface area contributed by atoms with Crippen molar-refractivity contribution < 1.29 is 14.7 Å². The maximum absolute atomic E-state index is 11.5. The predicted octanol–water partition coefficient (Wildman–Crippen LogP) is 1.67. The maximum atomic E-state index is 11.5. The molecule has 1 rings (SSSR count). The normalized spacial score (nSPS) is 9.86. The minimum atomic E-state index is -1.02. The Morgan fingerprint density at radius 1 is 1.64 bits per heavy atom. The summed E-state index contributed by atoms with van der Waals surface area (Å²) in [6.45, 7) is -0.283. The summed E-state index contributed by atoms with van der Waals surface area (Å²) in [5.74, 6) is -1.29. The minimum Gasteiger partial charge on any atom is -0.480 e. The first-order valence-electron chi connectivity index (χ1n) is 3.72. The number of hydrogen-bond donors (Lipinski definition) is 1. The number of rotatable bonds is 3. The lowest BCUT2D eigenvalue weighted by atomic mass is 10.4. The van der Waals surface area contributed by atoms with Gasteiger partial charge in [-0.2, -0.15) is 0 Å². The van der Waals surface area contributed by atoms with Crippen LogP contribution in [0.2, 0.25) is 0 Å². The third-order valence-corrected chi connectivity index (χ3v) is 3.18. The van der Waals surface area contributed by atoms with Crippen LogP contribution in [0.4, 0.5) is 0 Å². The SMILES string of the molecule is CN(CC(=O)O)C(=O)c1cc(Br)cs1. The van der Waals surface area contributed by atoms with Gasteiger partial charge < -0.3 is 10.0 Å². The monoisotopic (exact) mass is 277 g/mol. The van der Waals surface area contributed by atoms with Gasteiger partial charge in [0, 0.05) is 16.9 Å². The zero-order chi connectivity index (χ0) is 10.7. The number of likely N-dealkylation sites (N-methyl/N-ethyl adjacent to an activating group) is 1. The maximum Gasteiger partial charge on any atom is 0.323 e. The van der Waals surface area contributed by atoms with Gasteiger partial charge in [0.05, 0.1) is 4.88 Å². The minimum absolute atomic E-state index is 0.275. The van der Waals surface area contributed by atoms with Crippen LogP contribution in [0.5, 0.6) is 0 Å². The number of aliphatic carboxylic acids is 1. The first-order chi connectivity index (χ1) is 6.50. The van der Waals surface area contributed by atoms with Gasteiger partial charge in [-0.15, -0.1) is 11.3 Å². The standard InChI is InChI=1S/C8H8BrNO3S/c1-10(3-7(11)12)8(13)6-2-5(9)4-14-6/h2,4H,3H2,1H3,(H,11,12). The number of nitrogens with zero attached hydrogens (tertiary/aromatic N) is 1. The van der Waals surface area contributed by atoms with Crippen molar-refractivity contribution in [2.45, 2.75) is 0 Å². The second-order valence-electron chi connectivity index (χ2n) is 2.68. The molecule has 0 radical (unpaired) electrons. The molecule has 0 bridgehead atoms. The topological polar surface area (TPSA) is 57.6 Å². The Labute approximate surface area is 93.3 Å². The number of carbonyl (C=O) groups excluding carboxylic acids is 1. The smallest absolute Gasteiger partial charge is 0.323 e. The number of thiophene rings is 1. The number of carboxylic acid groups (broad SMARTS) is 1. The molecular formula is C8H8BrNO3S. The van der Waals surface area contributed by atoms with Gasteiger partial charge in [-0.05, 0) is 22.0 Å². The van der Waals surface area contributed by atoms with Crippen molar-refractivity contribution in [2.75, 3.05) is 13.6 Å². The summed E-state index contributed by atoms with van der Waals surface area (Å²) in [6, 6.07) is 1.67. The van der Waals surface area contributed by atoms with Crippen molar-refractivity contribution in [1.82, 2.24) is 4.90 Å². The van der Waals surface area contributed by atoms with E-state index in [1.807, 2.05) is 0 Å². The fraction of sp³-hybridized carbons (Fsp3) is 0.250. The molecule has 0 aromatic carbocycles. The highest BCUT2D eigenvalue weighted by Gasteiger charge is 2.15. The van der Waals surface area contributed by atoms with Crippen molar-refractivity contribution in [3.63, 3.8) is 0 Å². The molecule has 0 saturated heterocycles. The molecular weight excluding hydrogens is 270 g/mol. The summed E-state index contributed by atoms with van der Waals surface area (Å²) in [5, 5.41) is 10.3. The molecule has 1 N–H and O–H groups in total. The lowest BCUT2D eigenvalue weighted by Crippen LogP contribution is -2.31. The van der Waals surface area contributed by atoms with E-state index in [2.05, 4.69) is 15.9 Å². The molecule has 0 unspecified atom stereocenters. The zero-order valence-corrected chi connectivity index (χ0v) is 9.76. The van der Waals surface area contributed by atoms with Crippen LogP contribution in [0, 0.1) is 0 Å². The fourth-order valence-corrected chi connectivity index (χ4v) is 2.31. The van der Waals surface area contributed by atoms with E-state index >= 15 is 0 Å². The third kappa shape index (κ3) is 2.81. The molecule has 1 heterocycles. The quantitative estimate of drug-likeness (QED) is 0.915. The van der Waals surface area contributed by atoms with Gasteiger partial charge in [0.15, 0.2) is 0 Å². The summed E-state index contributed by atoms with van der Waals surface area (Å²) in [7, 11) is 1.46. The van der Waals surface area contributed by atoms with Crippen LogP contribution in [0.1, 0.15) is 9.67 Å². The Balaban J connectivity index is 2.70. The largest absolute Gasteiger partial charge is 0.480 e. The average molecular weight is 278 g/mol. The van der Waals surface area contributed by atoms with Crippen molar-refractivity contribution in [2.24, 2.45) is 0 Å². The number of hydrogen-bond acceptors (Lipinski definition) is 3. The predicted molar refractivity (Wildman–Crippen MR) is 56.6 cm³/mol. The van der Waals surface area contributed by atoms with E-state index in [-0.39, 0.29) is 12.5 Å². The van der Waals surface area contributed by atoms with Crippen molar-refractivity contribution in [3.8, 4) is 0 Å². The van der Waals surface area contributed by atoms with Crippen molar-refractivity contribution in [3.05, 3.63) is 20.8 Å². The van der Waals surface area contributed by atoms with E-state index in [1.165, 1.54) is 23.3 Å². The Bertz CT molecular complexity index is 363. The zero-order valence-electron chi connectivity index (χ0n) is 7.36. The van der Waals surface area contributed by atoms with Crippen molar-refractivity contribution >= 4 is 39.1 Å². The number of carbonyl (C=O) groups is 2. The van der Waals surface area contributed by atoms with Crippen LogP contribution in [-0.4, -0.2) is 35.5 Å². The molecule has 0 spiro atoms. The number of carboxylic acids is 1. The van der Waals surface area contributed by atoms with Crippen LogP contribution in [0.3, 0.4) is 0 Å². The molecule has 4 nitrogen and oxygen atoms in total. The highest BCUT2D eigenvalue weighted by Crippen LogP contribution is 2.20. The highest BCUT2D eigenvalue weighted by atomic mass is 79.9. The molecule has 0 aliphatic heterocycles. The number of amides is 1. The summed E-state index contributed by atoms with van der Waals surface area (Å²) in [6.07, 6.45) is 0. The second-order valence-corrected chi connectivity index (χ2v) is 4.51. The molecule has 1 aromatic heterocycles. The van der Waals surface area contributed by atoms with Gasteiger partial charge in [-0.3, -0.25) is 9.59 Å². The van der Waals surface area contributed by atoms with Gasteiger partial charge in [-0.25, -0.2) is 0 Å². The molecule has 1 amide bonds. The van der Waals surface area contributed by atoms with Crippen LogP contribution in [0.25, 0.3) is 0 Å². The van der Waals surface area contributed by atoms with E-state index in [0.29, 0.717) is 4.88 Å². The summed E-state index contributed by atoms with van der Waals surface area (Å²) in [5.41, 5.74) is 0. The second kappa shape index (κ2) is 4.56. The van der Waals surface area contributed by atoms with Crippen LogP contribution >= 0.6 is 27.3 Å². The molecule has 1 aromatic rings. The van der Waals surface area contributed by atoms with Crippen LogP contribution < -0.4 is 0 Å². The first-order valence-corrected chi connectivity index (χ1v) is 5.39. The lowest BCUT2D eigenvalue weighted by Gasteiger charge is -2.12. The van der Waals surface area contributed by atoms with Gasteiger partial charge in [0.2, 0.25) is 0 Å².